The highest BCUT2D eigenvalue weighted by atomic mass is 16.5. The fraction of sp³-hybridized carbons (Fsp3) is 0.286. The Bertz CT molecular complexity index is 1140. The molecule has 0 atom stereocenters. The second-order valence-electron chi connectivity index (χ2n) is 9.05. The summed E-state index contributed by atoms with van der Waals surface area (Å²) in [6.45, 7) is 7.51. The minimum Gasteiger partial charge on any atom is -0.482 e. The van der Waals surface area contributed by atoms with Crippen molar-refractivity contribution in [1.29, 1.82) is 0 Å². The number of nitrogens with zero attached hydrogens (tertiary/aromatic N) is 1. The molecular weight excluding hydrogens is 412 g/mol. The number of amides is 2. The first kappa shape index (κ1) is 22.6. The third-order valence-electron chi connectivity index (χ3n) is 6.42. The lowest BCUT2D eigenvalue weighted by Gasteiger charge is -2.32. The van der Waals surface area contributed by atoms with Crippen LogP contribution in [0.4, 0.5) is 5.69 Å². The predicted octanol–water partition coefficient (Wildman–Crippen LogP) is 5.23. The van der Waals surface area contributed by atoms with Crippen LogP contribution in [0.25, 0.3) is 0 Å². The Balaban J connectivity index is 1.48. The zero-order valence-electron chi connectivity index (χ0n) is 19.4. The van der Waals surface area contributed by atoms with Crippen molar-refractivity contribution in [2.24, 2.45) is 0 Å². The number of ether oxygens (including phenoxy) is 1. The van der Waals surface area contributed by atoms with Gasteiger partial charge in [-0.2, -0.15) is 0 Å². The van der Waals surface area contributed by atoms with Crippen LogP contribution in [0.5, 0.6) is 5.75 Å². The zero-order valence-corrected chi connectivity index (χ0v) is 19.4. The molecule has 1 aliphatic heterocycles. The van der Waals surface area contributed by atoms with Gasteiger partial charge in [0, 0.05) is 12.1 Å². The number of rotatable bonds is 7. The van der Waals surface area contributed by atoms with Crippen LogP contribution in [0.15, 0.2) is 72.8 Å². The van der Waals surface area contributed by atoms with Crippen LogP contribution in [0.2, 0.25) is 0 Å². The number of benzene rings is 3. The van der Waals surface area contributed by atoms with E-state index in [1.165, 1.54) is 5.56 Å². The second kappa shape index (κ2) is 9.49. The van der Waals surface area contributed by atoms with Gasteiger partial charge >= 0.3 is 0 Å². The molecule has 0 unspecified atom stereocenters. The van der Waals surface area contributed by atoms with E-state index in [-0.39, 0.29) is 23.8 Å². The van der Waals surface area contributed by atoms with Crippen LogP contribution in [-0.4, -0.2) is 18.4 Å². The molecule has 0 bridgehead atoms. The monoisotopic (exact) mass is 442 g/mol. The number of fused-ring (bicyclic) bond motifs is 1. The fourth-order valence-corrected chi connectivity index (χ4v) is 3.82. The zero-order chi connectivity index (χ0) is 23.4. The molecule has 5 heteroatoms. The quantitative estimate of drug-likeness (QED) is 0.545. The number of carbonyl (C=O) groups is 2. The maximum absolute atomic E-state index is 12.7. The molecule has 2 amide bonds. The largest absolute Gasteiger partial charge is 0.482 e. The van der Waals surface area contributed by atoms with E-state index in [1.54, 1.807) is 17.0 Å². The highest BCUT2D eigenvalue weighted by Gasteiger charge is 2.28. The summed E-state index contributed by atoms with van der Waals surface area (Å²) < 4.78 is 5.67. The third-order valence-corrected chi connectivity index (χ3v) is 6.42. The van der Waals surface area contributed by atoms with Crippen molar-refractivity contribution in [3.63, 3.8) is 0 Å². The summed E-state index contributed by atoms with van der Waals surface area (Å²) >= 11 is 0. The van der Waals surface area contributed by atoms with E-state index >= 15 is 0 Å². The maximum atomic E-state index is 12.7. The van der Waals surface area contributed by atoms with Crippen molar-refractivity contribution in [2.75, 3.05) is 11.5 Å². The molecule has 4 rings (SSSR count). The summed E-state index contributed by atoms with van der Waals surface area (Å²) in [6, 6.07) is 23.3. The molecule has 33 heavy (non-hydrogen) atoms. The second-order valence-corrected chi connectivity index (χ2v) is 9.05. The van der Waals surface area contributed by atoms with Gasteiger partial charge in [0.15, 0.2) is 6.61 Å². The van der Waals surface area contributed by atoms with Gasteiger partial charge in [-0.1, -0.05) is 69.3 Å². The first-order chi connectivity index (χ1) is 15.9. The highest BCUT2D eigenvalue weighted by molar-refractivity contribution is 5.98. The third kappa shape index (κ3) is 5.08. The van der Waals surface area contributed by atoms with Crippen molar-refractivity contribution < 1.29 is 14.3 Å². The predicted molar refractivity (Wildman–Crippen MR) is 130 cm³/mol. The average Bonchev–Trinajstić information content (AvgIpc) is 2.85. The maximum Gasteiger partial charge on any atom is 0.265 e. The lowest BCUT2D eigenvalue weighted by atomic mass is 9.82. The molecule has 1 aliphatic rings. The van der Waals surface area contributed by atoms with E-state index in [0.717, 1.165) is 29.0 Å². The lowest BCUT2D eigenvalue weighted by Crippen LogP contribution is -2.38. The van der Waals surface area contributed by atoms with E-state index in [9.17, 15) is 9.59 Å². The molecule has 0 saturated carbocycles. The first-order valence-electron chi connectivity index (χ1n) is 11.4. The smallest absolute Gasteiger partial charge is 0.265 e. The molecule has 3 aromatic rings. The minimum absolute atomic E-state index is 0.00988. The Morgan fingerprint density at radius 3 is 2.42 bits per heavy atom. The molecule has 1 N–H and O–H groups in total. The van der Waals surface area contributed by atoms with E-state index < -0.39 is 0 Å². The van der Waals surface area contributed by atoms with Crippen LogP contribution in [0, 0.1) is 0 Å². The Hall–Kier alpha value is -3.60. The van der Waals surface area contributed by atoms with Gasteiger partial charge < -0.3 is 15.0 Å². The van der Waals surface area contributed by atoms with Crippen molar-refractivity contribution in [2.45, 2.75) is 45.7 Å². The molecule has 0 saturated heterocycles. The Morgan fingerprint density at radius 2 is 1.73 bits per heavy atom. The summed E-state index contributed by atoms with van der Waals surface area (Å²) in [5, 5.41) is 2.94. The number of carbonyl (C=O) groups excluding carboxylic acids is 2. The van der Waals surface area contributed by atoms with Gasteiger partial charge in [-0.25, -0.2) is 0 Å². The van der Waals surface area contributed by atoms with E-state index in [1.807, 2.05) is 48.5 Å². The average molecular weight is 443 g/mol. The highest BCUT2D eigenvalue weighted by Crippen LogP contribution is 2.38. The molecule has 170 valence electrons. The van der Waals surface area contributed by atoms with Gasteiger partial charge in [-0.05, 0) is 52.8 Å². The topological polar surface area (TPSA) is 58.6 Å². The van der Waals surface area contributed by atoms with Gasteiger partial charge in [0.25, 0.3) is 11.8 Å². The van der Waals surface area contributed by atoms with Crippen molar-refractivity contribution in [3.05, 3.63) is 95.1 Å². The van der Waals surface area contributed by atoms with Crippen LogP contribution in [0.3, 0.4) is 0 Å². The Kier molecular flexibility index (Phi) is 6.50. The fourth-order valence-electron chi connectivity index (χ4n) is 3.82. The Labute approximate surface area is 195 Å². The molecule has 0 aromatic heterocycles. The SMILES string of the molecule is CCC(C)(C)c1ccc2c(c1)N(Cc1ccc(C(=O)NCc3ccccc3)cc1)C(=O)CO2. The van der Waals surface area contributed by atoms with Crippen LogP contribution in [-0.2, 0) is 23.3 Å². The summed E-state index contributed by atoms with van der Waals surface area (Å²) in [5.74, 6) is 0.533. The molecule has 1 heterocycles. The number of nitrogens with one attached hydrogen (secondary N) is 1. The number of anilines is 1. The van der Waals surface area contributed by atoms with E-state index in [0.29, 0.717) is 18.7 Å². The summed E-state index contributed by atoms with van der Waals surface area (Å²) in [7, 11) is 0. The number of hydrogen-bond donors (Lipinski definition) is 1. The first-order valence-corrected chi connectivity index (χ1v) is 11.4. The van der Waals surface area contributed by atoms with Crippen LogP contribution in [0.1, 0.15) is 54.2 Å². The minimum atomic E-state index is -0.121. The molecule has 0 aliphatic carbocycles. The van der Waals surface area contributed by atoms with Crippen molar-refractivity contribution in [3.8, 4) is 5.75 Å². The van der Waals surface area contributed by atoms with Crippen LogP contribution >= 0.6 is 0 Å². The van der Waals surface area contributed by atoms with E-state index in [4.69, 9.17) is 4.74 Å². The van der Waals surface area contributed by atoms with Gasteiger partial charge in [-0.3, -0.25) is 9.59 Å². The molecule has 5 nitrogen and oxygen atoms in total. The van der Waals surface area contributed by atoms with Gasteiger partial charge in [0.05, 0.1) is 12.2 Å². The van der Waals surface area contributed by atoms with Crippen molar-refractivity contribution >= 4 is 17.5 Å². The van der Waals surface area contributed by atoms with E-state index in [2.05, 4.69) is 38.2 Å². The van der Waals surface area contributed by atoms with Gasteiger partial charge in [-0.15, -0.1) is 0 Å². The Morgan fingerprint density at radius 1 is 1.00 bits per heavy atom. The van der Waals surface area contributed by atoms with Crippen molar-refractivity contribution in [1.82, 2.24) is 5.32 Å². The molecule has 3 aromatic carbocycles. The van der Waals surface area contributed by atoms with Gasteiger partial charge in [0.1, 0.15) is 5.75 Å². The molecule has 0 spiro atoms. The number of hydrogen-bond acceptors (Lipinski definition) is 3. The summed E-state index contributed by atoms with van der Waals surface area (Å²) in [6.07, 6.45) is 0.994. The molecule has 0 radical (unpaired) electrons. The molecular formula is C28H30N2O3. The van der Waals surface area contributed by atoms with Crippen LogP contribution < -0.4 is 15.0 Å². The summed E-state index contributed by atoms with van der Waals surface area (Å²) in [5.41, 5.74) is 4.59. The normalized spacial score (nSPS) is 13.3. The molecule has 0 fully saturated rings. The summed E-state index contributed by atoms with van der Waals surface area (Å²) in [4.78, 5) is 27.0. The van der Waals surface area contributed by atoms with Gasteiger partial charge in [0.2, 0.25) is 0 Å². The lowest BCUT2D eigenvalue weighted by molar-refractivity contribution is -0.121. The standard InChI is InChI=1S/C28H30N2O3/c1-4-28(2,3)23-14-15-25-24(16-23)30(26(31)19-33-25)18-21-10-12-22(13-11-21)27(32)29-17-20-8-6-5-7-9-20/h5-16H,4,17-19H2,1-3H3,(H,29,32).